The zero-order valence-corrected chi connectivity index (χ0v) is 10.0. The highest BCUT2D eigenvalue weighted by Gasteiger charge is 2.08. The van der Waals surface area contributed by atoms with Crippen LogP contribution in [0.2, 0.25) is 0 Å². The Hall–Kier alpha value is -1.39. The highest BCUT2D eigenvalue weighted by atomic mass is 32.1. The second-order valence-electron chi connectivity index (χ2n) is 3.49. The van der Waals surface area contributed by atoms with Crippen LogP contribution in [0.15, 0.2) is 24.3 Å². The molecule has 0 bridgehead atoms. The molecule has 0 aliphatic carbocycles. The predicted octanol–water partition coefficient (Wildman–Crippen LogP) is 3.04. The van der Waals surface area contributed by atoms with Crippen LogP contribution >= 0.6 is 11.3 Å². The number of para-hydroxylation sites is 1. The molecule has 1 heterocycles. The Balaban J connectivity index is 2.26. The highest BCUT2D eigenvalue weighted by molar-refractivity contribution is 7.13. The number of ether oxygens (including phenoxy) is 1. The number of aliphatic hydroxyl groups is 1. The Morgan fingerprint density at radius 3 is 2.69 bits per heavy atom. The monoisotopic (exact) mass is 235 g/mol. The van der Waals surface area contributed by atoms with Crippen molar-refractivity contribution >= 4 is 11.3 Å². The lowest BCUT2D eigenvalue weighted by molar-refractivity contribution is 0.276. The van der Waals surface area contributed by atoms with Gasteiger partial charge in [-0.05, 0) is 19.9 Å². The molecule has 0 fully saturated rings. The third-order valence-corrected chi connectivity index (χ3v) is 3.30. The van der Waals surface area contributed by atoms with E-state index in [4.69, 9.17) is 9.84 Å². The summed E-state index contributed by atoms with van der Waals surface area (Å²) in [7, 11) is 0. The maximum absolute atomic E-state index is 9.16. The van der Waals surface area contributed by atoms with Crippen molar-refractivity contribution in [3.05, 3.63) is 40.4 Å². The molecule has 0 unspecified atom stereocenters. The van der Waals surface area contributed by atoms with Gasteiger partial charge in [0.05, 0.1) is 12.3 Å². The van der Waals surface area contributed by atoms with Crippen LogP contribution in [0, 0.1) is 13.8 Å². The Labute approximate surface area is 98.4 Å². The number of thiazole rings is 1. The minimum Gasteiger partial charge on any atom is -0.431 e. The highest BCUT2D eigenvalue weighted by Crippen LogP contribution is 2.30. The van der Waals surface area contributed by atoms with E-state index in [1.165, 1.54) is 11.3 Å². The number of aryl methyl sites for hydroxylation is 2. The average molecular weight is 235 g/mol. The summed E-state index contributed by atoms with van der Waals surface area (Å²) in [4.78, 5) is 5.45. The number of hydrogen-bond acceptors (Lipinski definition) is 4. The number of aliphatic hydroxyl groups excluding tert-OH is 1. The van der Waals surface area contributed by atoms with Gasteiger partial charge < -0.3 is 9.84 Å². The number of rotatable bonds is 3. The van der Waals surface area contributed by atoms with Gasteiger partial charge in [-0.25, -0.2) is 4.98 Å². The van der Waals surface area contributed by atoms with Crippen LogP contribution in [0.3, 0.4) is 0 Å². The van der Waals surface area contributed by atoms with E-state index in [1.54, 1.807) is 0 Å². The van der Waals surface area contributed by atoms with Crippen molar-refractivity contribution in [3.63, 3.8) is 0 Å². The first-order chi connectivity index (χ1) is 7.70. The van der Waals surface area contributed by atoms with E-state index < -0.39 is 0 Å². The fourth-order valence-corrected chi connectivity index (χ4v) is 2.08. The second-order valence-corrected chi connectivity index (χ2v) is 4.66. The number of nitrogens with zero attached hydrogens (tertiary/aromatic N) is 1. The smallest absolute Gasteiger partial charge is 0.279 e. The van der Waals surface area contributed by atoms with Crippen molar-refractivity contribution in [2.75, 3.05) is 0 Å². The zero-order valence-electron chi connectivity index (χ0n) is 9.23. The summed E-state index contributed by atoms with van der Waals surface area (Å²) in [6.07, 6.45) is 0. The quantitative estimate of drug-likeness (QED) is 0.889. The molecule has 0 amide bonds. The molecule has 16 heavy (non-hydrogen) atoms. The Morgan fingerprint density at radius 2 is 2.06 bits per heavy atom. The SMILES string of the molecule is Cc1nc(Oc2ccccc2CO)sc1C. The maximum atomic E-state index is 9.16. The van der Waals surface area contributed by atoms with Crippen molar-refractivity contribution in [3.8, 4) is 10.9 Å². The molecule has 0 spiro atoms. The number of hydrogen-bond donors (Lipinski definition) is 1. The van der Waals surface area contributed by atoms with Gasteiger partial charge in [-0.3, -0.25) is 0 Å². The minimum atomic E-state index is -0.0283. The standard InChI is InChI=1S/C12H13NO2S/c1-8-9(2)16-12(13-8)15-11-6-4-3-5-10(11)7-14/h3-6,14H,7H2,1-2H3. The van der Waals surface area contributed by atoms with Crippen LogP contribution in [0.5, 0.6) is 10.9 Å². The molecule has 3 nitrogen and oxygen atoms in total. The molecule has 0 saturated heterocycles. The zero-order chi connectivity index (χ0) is 11.5. The van der Waals surface area contributed by atoms with Crippen LogP contribution in [-0.4, -0.2) is 10.1 Å². The predicted molar refractivity (Wildman–Crippen MR) is 64.0 cm³/mol. The summed E-state index contributed by atoms with van der Waals surface area (Å²) in [6.45, 7) is 3.94. The molecule has 0 atom stereocenters. The number of aromatic nitrogens is 1. The third kappa shape index (κ3) is 2.23. The molecule has 0 aliphatic rings. The fourth-order valence-electron chi connectivity index (χ4n) is 1.32. The molecule has 0 saturated carbocycles. The summed E-state index contributed by atoms with van der Waals surface area (Å²) in [6, 6.07) is 7.42. The Bertz CT molecular complexity index is 474. The van der Waals surface area contributed by atoms with Crippen LogP contribution < -0.4 is 4.74 Å². The molecular formula is C12H13NO2S. The van der Waals surface area contributed by atoms with Crippen molar-refractivity contribution in [2.24, 2.45) is 0 Å². The molecule has 1 N–H and O–H groups in total. The van der Waals surface area contributed by atoms with Gasteiger partial charge in [0.15, 0.2) is 0 Å². The maximum Gasteiger partial charge on any atom is 0.279 e. The van der Waals surface area contributed by atoms with Gasteiger partial charge in [0.25, 0.3) is 5.19 Å². The molecular weight excluding hydrogens is 222 g/mol. The second kappa shape index (κ2) is 4.63. The van der Waals surface area contributed by atoms with E-state index in [0.717, 1.165) is 16.1 Å². The van der Waals surface area contributed by atoms with Crippen molar-refractivity contribution in [2.45, 2.75) is 20.5 Å². The summed E-state index contributed by atoms with van der Waals surface area (Å²) in [5.74, 6) is 0.666. The molecule has 1 aromatic heterocycles. The topological polar surface area (TPSA) is 42.4 Å². The number of benzene rings is 1. The van der Waals surface area contributed by atoms with Crippen LogP contribution in [0.4, 0.5) is 0 Å². The van der Waals surface area contributed by atoms with Gasteiger partial charge in [-0.1, -0.05) is 29.5 Å². The molecule has 2 aromatic rings. The summed E-state index contributed by atoms with van der Waals surface area (Å²) in [5, 5.41) is 9.78. The van der Waals surface area contributed by atoms with E-state index >= 15 is 0 Å². The Kier molecular flexibility index (Phi) is 3.22. The van der Waals surface area contributed by atoms with Crippen molar-refractivity contribution in [1.29, 1.82) is 0 Å². The lowest BCUT2D eigenvalue weighted by atomic mass is 10.2. The van der Waals surface area contributed by atoms with Gasteiger partial charge in [0.2, 0.25) is 0 Å². The molecule has 4 heteroatoms. The minimum absolute atomic E-state index is 0.0283. The molecule has 2 rings (SSSR count). The summed E-state index contributed by atoms with van der Waals surface area (Å²) < 4.78 is 5.65. The van der Waals surface area contributed by atoms with Gasteiger partial charge >= 0.3 is 0 Å². The molecule has 84 valence electrons. The van der Waals surface area contributed by atoms with Gasteiger partial charge in [-0.15, -0.1) is 0 Å². The van der Waals surface area contributed by atoms with E-state index in [2.05, 4.69) is 4.98 Å². The first-order valence-electron chi connectivity index (χ1n) is 5.01. The van der Waals surface area contributed by atoms with Gasteiger partial charge in [0, 0.05) is 10.4 Å². The Morgan fingerprint density at radius 1 is 1.31 bits per heavy atom. The van der Waals surface area contributed by atoms with Gasteiger partial charge in [0.1, 0.15) is 5.75 Å². The average Bonchev–Trinajstić information content (AvgIpc) is 2.59. The van der Waals surface area contributed by atoms with Crippen molar-refractivity contribution in [1.82, 2.24) is 4.98 Å². The largest absolute Gasteiger partial charge is 0.431 e. The van der Waals surface area contributed by atoms with Crippen molar-refractivity contribution < 1.29 is 9.84 Å². The first-order valence-corrected chi connectivity index (χ1v) is 5.83. The van der Waals surface area contributed by atoms with E-state index in [9.17, 15) is 0 Å². The molecule has 0 radical (unpaired) electrons. The third-order valence-electron chi connectivity index (χ3n) is 2.35. The normalized spacial score (nSPS) is 10.4. The lowest BCUT2D eigenvalue weighted by Gasteiger charge is -2.05. The fraction of sp³-hybridized carbons (Fsp3) is 0.250. The van der Waals surface area contributed by atoms with Crippen LogP contribution in [0.1, 0.15) is 16.1 Å². The van der Waals surface area contributed by atoms with Crippen LogP contribution in [-0.2, 0) is 6.61 Å². The molecule has 0 aliphatic heterocycles. The van der Waals surface area contributed by atoms with E-state index in [0.29, 0.717) is 10.9 Å². The van der Waals surface area contributed by atoms with Gasteiger partial charge in [-0.2, -0.15) is 0 Å². The summed E-state index contributed by atoms with van der Waals surface area (Å²) in [5.41, 5.74) is 1.76. The van der Waals surface area contributed by atoms with E-state index in [1.807, 2.05) is 38.1 Å². The first kappa shape index (κ1) is 11.1. The lowest BCUT2D eigenvalue weighted by Crippen LogP contribution is -1.90. The van der Waals surface area contributed by atoms with E-state index in [-0.39, 0.29) is 6.61 Å². The molecule has 1 aromatic carbocycles. The summed E-state index contributed by atoms with van der Waals surface area (Å²) >= 11 is 1.51. The van der Waals surface area contributed by atoms with Crippen LogP contribution in [0.25, 0.3) is 0 Å².